The fourth-order valence-corrected chi connectivity index (χ4v) is 2.19. The van der Waals surface area contributed by atoms with E-state index >= 15 is 0 Å². The summed E-state index contributed by atoms with van der Waals surface area (Å²) < 4.78 is 5.65. The van der Waals surface area contributed by atoms with Gasteiger partial charge in [0.2, 0.25) is 0 Å². The first-order chi connectivity index (χ1) is 7.71. The van der Waals surface area contributed by atoms with Crippen LogP contribution in [0.2, 0.25) is 0 Å². The SMILES string of the molecule is Cc1ncc(C2(c3ccc(N)cc3)CC2)o1. The van der Waals surface area contributed by atoms with E-state index in [0.29, 0.717) is 0 Å². The van der Waals surface area contributed by atoms with Crippen LogP contribution in [0.3, 0.4) is 0 Å². The molecule has 2 N–H and O–H groups in total. The zero-order chi connectivity index (χ0) is 11.2. The number of oxazole rings is 1. The van der Waals surface area contributed by atoms with Crippen molar-refractivity contribution in [2.24, 2.45) is 0 Å². The molecule has 0 spiro atoms. The van der Waals surface area contributed by atoms with Crippen LogP contribution >= 0.6 is 0 Å². The van der Waals surface area contributed by atoms with Crippen LogP contribution in [0.5, 0.6) is 0 Å². The zero-order valence-electron chi connectivity index (χ0n) is 9.23. The molecular formula is C13H14N2O. The molecule has 3 rings (SSSR count). The van der Waals surface area contributed by atoms with Gasteiger partial charge in [0, 0.05) is 12.6 Å². The molecule has 82 valence electrons. The summed E-state index contributed by atoms with van der Waals surface area (Å²) >= 11 is 0. The quantitative estimate of drug-likeness (QED) is 0.782. The number of rotatable bonds is 2. The monoisotopic (exact) mass is 214 g/mol. The summed E-state index contributed by atoms with van der Waals surface area (Å²) in [6.45, 7) is 1.88. The Morgan fingerprint density at radius 1 is 1.25 bits per heavy atom. The number of hydrogen-bond acceptors (Lipinski definition) is 3. The van der Waals surface area contributed by atoms with Crippen molar-refractivity contribution < 1.29 is 4.42 Å². The van der Waals surface area contributed by atoms with Gasteiger partial charge in [0.1, 0.15) is 5.76 Å². The van der Waals surface area contributed by atoms with Crippen LogP contribution in [0, 0.1) is 6.92 Å². The number of aromatic nitrogens is 1. The van der Waals surface area contributed by atoms with Crippen molar-refractivity contribution in [3.8, 4) is 0 Å². The number of hydrogen-bond donors (Lipinski definition) is 1. The average Bonchev–Trinajstić information content (AvgIpc) is 2.97. The van der Waals surface area contributed by atoms with Crippen molar-refractivity contribution in [1.82, 2.24) is 4.98 Å². The van der Waals surface area contributed by atoms with Crippen LogP contribution in [-0.2, 0) is 5.41 Å². The molecule has 16 heavy (non-hydrogen) atoms. The molecule has 1 heterocycles. The van der Waals surface area contributed by atoms with Crippen LogP contribution in [0.15, 0.2) is 34.9 Å². The van der Waals surface area contributed by atoms with Gasteiger partial charge in [-0.1, -0.05) is 12.1 Å². The molecule has 1 aliphatic rings. The van der Waals surface area contributed by atoms with Crippen LogP contribution < -0.4 is 5.73 Å². The predicted molar refractivity (Wildman–Crippen MR) is 62.1 cm³/mol. The smallest absolute Gasteiger partial charge is 0.191 e. The minimum atomic E-state index is 0.0644. The Bertz CT molecular complexity index is 509. The lowest BCUT2D eigenvalue weighted by molar-refractivity contribution is 0.450. The van der Waals surface area contributed by atoms with E-state index in [9.17, 15) is 0 Å². The third-order valence-electron chi connectivity index (χ3n) is 3.31. The van der Waals surface area contributed by atoms with Crippen LogP contribution in [-0.4, -0.2) is 4.98 Å². The highest BCUT2D eigenvalue weighted by Crippen LogP contribution is 2.53. The number of nitrogens with zero attached hydrogens (tertiary/aromatic N) is 1. The molecule has 0 bridgehead atoms. The topological polar surface area (TPSA) is 52.0 Å². The lowest BCUT2D eigenvalue weighted by Crippen LogP contribution is -2.07. The summed E-state index contributed by atoms with van der Waals surface area (Å²) in [6, 6.07) is 8.05. The summed E-state index contributed by atoms with van der Waals surface area (Å²) in [5.41, 5.74) is 7.84. The number of nitrogen functional groups attached to an aromatic ring is 1. The van der Waals surface area contributed by atoms with Crippen LogP contribution in [0.4, 0.5) is 5.69 Å². The van der Waals surface area contributed by atoms with E-state index in [2.05, 4.69) is 17.1 Å². The lowest BCUT2D eigenvalue weighted by Gasteiger charge is -2.12. The Balaban J connectivity index is 2.03. The molecule has 0 amide bonds. The molecule has 1 fully saturated rings. The maximum Gasteiger partial charge on any atom is 0.191 e. The van der Waals surface area contributed by atoms with E-state index in [-0.39, 0.29) is 5.41 Å². The van der Waals surface area contributed by atoms with Gasteiger partial charge in [0.05, 0.1) is 11.6 Å². The van der Waals surface area contributed by atoms with Gasteiger partial charge in [-0.05, 0) is 30.5 Å². The van der Waals surface area contributed by atoms with Gasteiger partial charge < -0.3 is 10.2 Å². The van der Waals surface area contributed by atoms with Crippen LogP contribution in [0.25, 0.3) is 0 Å². The molecule has 1 aliphatic carbocycles. The first-order valence-corrected chi connectivity index (χ1v) is 5.50. The third kappa shape index (κ3) is 1.32. The average molecular weight is 214 g/mol. The second-order valence-corrected chi connectivity index (χ2v) is 4.45. The summed E-state index contributed by atoms with van der Waals surface area (Å²) in [7, 11) is 0. The highest BCUT2D eigenvalue weighted by Gasteiger charge is 2.48. The molecule has 1 aromatic heterocycles. The van der Waals surface area contributed by atoms with Crippen LogP contribution in [0.1, 0.15) is 30.1 Å². The van der Waals surface area contributed by atoms with E-state index in [0.717, 1.165) is 30.2 Å². The van der Waals surface area contributed by atoms with Gasteiger partial charge in [-0.3, -0.25) is 0 Å². The first-order valence-electron chi connectivity index (χ1n) is 5.50. The minimum Gasteiger partial charge on any atom is -0.445 e. The standard InChI is InChI=1S/C13H14N2O/c1-9-15-8-12(16-9)13(6-7-13)10-2-4-11(14)5-3-10/h2-5,8H,6-7,14H2,1H3. The van der Waals surface area contributed by atoms with Crippen molar-refractivity contribution in [2.75, 3.05) is 5.73 Å². The van der Waals surface area contributed by atoms with Crippen molar-refractivity contribution in [3.63, 3.8) is 0 Å². The Morgan fingerprint density at radius 2 is 1.94 bits per heavy atom. The van der Waals surface area contributed by atoms with Gasteiger partial charge >= 0.3 is 0 Å². The first kappa shape index (κ1) is 9.46. The zero-order valence-corrected chi connectivity index (χ0v) is 9.23. The fourth-order valence-electron chi connectivity index (χ4n) is 2.19. The van der Waals surface area contributed by atoms with E-state index in [1.807, 2.05) is 25.3 Å². The molecule has 3 heteroatoms. The fraction of sp³-hybridized carbons (Fsp3) is 0.308. The van der Waals surface area contributed by atoms with Gasteiger partial charge in [-0.15, -0.1) is 0 Å². The number of aryl methyl sites for hydroxylation is 1. The molecule has 1 saturated carbocycles. The van der Waals surface area contributed by atoms with Gasteiger partial charge in [-0.2, -0.15) is 0 Å². The Morgan fingerprint density at radius 3 is 2.44 bits per heavy atom. The number of nitrogens with two attached hydrogens (primary N) is 1. The summed E-state index contributed by atoms with van der Waals surface area (Å²) in [6.07, 6.45) is 4.11. The Kier molecular flexibility index (Phi) is 1.84. The molecule has 2 aromatic rings. The van der Waals surface area contributed by atoms with Crippen molar-refractivity contribution >= 4 is 5.69 Å². The molecule has 0 atom stereocenters. The number of anilines is 1. The minimum absolute atomic E-state index is 0.0644. The lowest BCUT2D eigenvalue weighted by atomic mass is 9.93. The third-order valence-corrected chi connectivity index (χ3v) is 3.31. The van der Waals surface area contributed by atoms with Crippen molar-refractivity contribution in [2.45, 2.75) is 25.2 Å². The maximum atomic E-state index is 5.70. The van der Waals surface area contributed by atoms with E-state index in [4.69, 9.17) is 10.2 Å². The maximum absolute atomic E-state index is 5.70. The van der Waals surface area contributed by atoms with Crippen molar-refractivity contribution in [1.29, 1.82) is 0 Å². The predicted octanol–water partition coefficient (Wildman–Crippen LogP) is 2.65. The van der Waals surface area contributed by atoms with E-state index in [1.54, 1.807) is 0 Å². The molecule has 3 nitrogen and oxygen atoms in total. The Hall–Kier alpha value is -1.77. The molecular weight excluding hydrogens is 200 g/mol. The summed E-state index contributed by atoms with van der Waals surface area (Å²) in [4.78, 5) is 4.17. The van der Waals surface area contributed by atoms with Crippen molar-refractivity contribution in [3.05, 3.63) is 47.7 Å². The Labute approximate surface area is 94.3 Å². The highest BCUT2D eigenvalue weighted by molar-refractivity contribution is 5.46. The van der Waals surface area contributed by atoms with E-state index in [1.165, 1.54) is 5.56 Å². The molecule has 1 aromatic carbocycles. The number of benzene rings is 1. The second kappa shape index (κ2) is 3.11. The van der Waals surface area contributed by atoms with Gasteiger partial charge in [-0.25, -0.2) is 4.98 Å². The second-order valence-electron chi connectivity index (χ2n) is 4.45. The molecule has 0 radical (unpaired) electrons. The largest absolute Gasteiger partial charge is 0.445 e. The van der Waals surface area contributed by atoms with E-state index < -0.39 is 0 Å². The normalized spacial score (nSPS) is 17.3. The highest BCUT2D eigenvalue weighted by atomic mass is 16.4. The van der Waals surface area contributed by atoms with Gasteiger partial charge in [0.15, 0.2) is 5.89 Å². The van der Waals surface area contributed by atoms with Gasteiger partial charge in [0.25, 0.3) is 0 Å². The summed E-state index contributed by atoms with van der Waals surface area (Å²) in [5.74, 6) is 1.71. The molecule has 0 unspecified atom stereocenters. The molecule has 0 aliphatic heterocycles. The molecule has 0 saturated heterocycles. The summed E-state index contributed by atoms with van der Waals surface area (Å²) in [5, 5.41) is 0.